The molecule has 1 heterocycles. The number of aryl methyl sites for hydroxylation is 1. The minimum absolute atomic E-state index is 0.736. The maximum atomic E-state index is 4.58. The van der Waals surface area contributed by atoms with Crippen LogP contribution in [0, 0.1) is 6.92 Å². The van der Waals surface area contributed by atoms with E-state index in [9.17, 15) is 0 Å². The van der Waals surface area contributed by atoms with Crippen molar-refractivity contribution in [3.63, 3.8) is 0 Å². The summed E-state index contributed by atoms with van der Waals surface area (Å²) < 4.78 is 0. The van der Waals surface area contributed by atoms with Crippen LogP contribution in [0.15, 0.2) is 60.7 Å². The number of hydrogen-bond acceptors (Lipinski definition) is 1. The largest absolute Gasteiger partial charge is 0.249 e. The van der Waals surface area contributed by atoms with Crippen LogP contribution >= 0.6 is 0 Å². The van der Waals surface area contributed by atoms with E-state index in [0.29, 0.717) is 0 Å². The molecule has 0 aliphatic heterocycles. The Morgan fingerprint density at radius 2 is 1.47 bits per heavy atom. The molecule has 1 aromatic carbocycles. The van der Waals surface area contributed by atoms with Crippen LogP contribution in [-0.2, 0) is 0 Å². The quantitative estimate of drug-likeness (QED) is 0.755. The van der Waals surface area contributed by atoms with Crippen LogP contribution in [0.3, 0.4) is 0 Å². The lowest BCUT2D eigenvalue weighted by Gasteiger charge is -2.02. The van der Waals surface area contributed by atoms with Gasteiger partial charge >= 0.3 is 0 Å². The number of hydrogen-bond donors (Lipinski definition) is 0. The lowest BCUT2D eigenvalue weighted by Crippen LogP contribution is -2.02. The zero-order valence-electron chi connectivity index (χ0n) is 11.1. The zero-order valence-corrected chi connectivity index (χ0v) is 11.1. The minimum atomic E-state index is 0.736. The van der Waals surface area contributed by atoms with E-state index in [-0.39, 0.29) is 0 Å². The Kier molecular flexibility index (Phi) is 4.09. The molecule has 0 atom stereocenters. The van der Waals surface area contributed by atoms with Gasteiger partial charge in [0.15, 0.2) is 0 Å². The second-order valence-electron chi connectivity index (χ2n) is 4.43. The van der Waals surface area contributed by atoms with E-state index < -0.39 is 0 Å². The highest BCUT2D eigenvalue weighted by Gasteiger charge is 1.99. The van der Waals surface area contributed by atoms with Gasteiger partial charge in [-0.2, -0.15) is 0 Å². The van der Waals surface area contributed by atoms with Crippen LogP contribution in [0.2, 0.25) is 0 Å². The molecule has 2 aromatic rings. The summed E-state index contributed by atoms with van der Waals surface area (Å²) >= 11 is 0. The molecule has 0 amide bonds. The number of rotatable bonds is 1. The van der Waals surface area contributed by atoms with E-state index in [2.05, 4.69) is 37.2 Å². The van der Waals surface area contributed by atoms with Crippen molar-refractivity contribution in [1.29, 1.82) is 0 Å². The first-order chi connectivity index (χ1) is 9.16. The monoisotopic (exact) mass is 247 g/mol. The third-order valence-corrected chi connectivity index (χ3v) is 2.85. The molecule has 0 N–H and O–H groups in total. The average molecular weight is 247 g/mol. The fourth-order valence-electron chi connectivity index (χ4n) is 1.83. The number of nitrogens with zero attached hydrogens (tertiary/aromatic N) is 1. The van der Waals surface area contributed by atoms with Gasteiger partial charge in [-0.15, -0.1) is 0 Å². The molecule has 0 bridgehead atoms. The molecule has 0 spiro atoms. The molecular weight excluding hydrogens is 230 g/mol. The molecule has 1 nitrogen and oxygen atoms in total. The zero-order chi connectivity index (χ0) is 13.7. The summed E-state index contributed by atoms with van der Waals surface area (Å²) in [6.07, 6.45) is 0. The van der Waals surface area contributed by atoms with Gasteiger partial charge in [-0.3, -0.25) is 0 Å². The average Bonchev–Trinajstić information content (AvgIpc) is 2.40. The summed E-state index contributed by atoms with van der Waals surface area (Å²) in [5, 5.41) is 1.68. The Morgan fingerprint density at radius 1 is 0.789 bits per heavy atom. The van der Waals surface area contributed by atoms with Crippen LogP contribution in [0.1, 0.15) is 5.56 Å². The van der Waals surface area contributed by atoms with E-state index in [0.717, 1.165) is 21.8 Å². The summed E-state index contributed by atoms with van der Waals surface area (Å²) in [4.78, 5) is 4.58. The molecule has 2 rings (SSSR count). The maximum Gasteiger partial charge on any atom is 0.0711 e. The lowest BCUT2D eigenvalue weighted by atomic mass is 10.1. The molecule has 19 heavy (non-hydrogen) atoms. The summed E-state index contributed by atoms with van der Waals surface area (Å²) in [7, 11) is 0. The van der Waals surface area contributed by atoms with Crippen molar-refractivity contribution in [2.45, 2.75) is 6.92 Å². The first kappa shape index (κ1) is 13.0. The predicted octanol–water partition coefficient (Wildman–Crippen LogP) is 3.00. The Morgan fingerprint density at radius 3 is 2.26 bits per heavy atom. The van der Waals surface area contributed by atoms with Gasteiger partial charge in [0, 0.05) is 5.56 Å². The van der Waals surface area contributed by atoms with E-state index >= 15 is 0 Å². The van der Waals surface area contributed by atoms with Gasteiger partial charge in [-0.1, -0.05) is 61.7 Å². The third-order valence-electron chi connectivity index (χ3n) is 2.85. The van der Waals surface area contributed by atoms with Crippen molar-refractivity contribution in [1.82, 2.24) is 4.98 Å². The molecule has 0 saturated carbocycles. The first-order valence-corrected chi connectivity index (χ1v) is 6.22. The highest BCUT2D eigenvalue weighted by molar-refractivity contribution is 5.62. The second kappa shape index (κ2) is 5.96. The van der Waals surface area contributed by atoms with Crippen LogP contribution in [-0.4, -0.2) is 4.98 Å². The van der Waals surface area contributed by atoms with Crippen molar-refractivity contribution < 1.29 is 0 Å². The molecule has 94 valence electrons. The third kappa shape index (κ3) is 3.52. The normalized spacial score (nSPS) is 9.74. The highest BCUT2D eigenvalue weighted by Crippen LogP contribution is 2.18. The minimum Gasteiger partial charge on any atom is -0.249 e. The van der Waals surface area contributed by atoms with Crippen LogP contribution in [0.25, 0.3) is 24.4 Å². The standard InChI is InChI=1S/C18H17N/c1-14-8-4-6-10-16(3)19-18(13-12-14)17-11-7-5-9-15(17)2/h4-13H,1,3H2,2H3. The fraction of sp³-hybridized carbons (Fsp3) is 0.0556. The molecule has 0 aliphatic carbocycles. The van der Waals surface area contributed by atoms with Crippen LogP contribution < -0.4 is 10.6 Å². The van der Waals surface area contributed by atoms with Crippen molar-refractivity contribution in [2.24, 2.45) is 0 Å². The van der Waals surface area contributed by atoms with Gasteiger partial charge in [-0.25, -0.2) is 4.98 Å². The van der Waals surface area contributed by atoms with Crippen LogP contribution in [0.4, 0.5) is 0 Å². The second-order valence-corrected chi connectivity index (χ2v) is 4.43. The molecular formula is C18H17N. The SMILES string of the molecule is C=c1ccccc(=C)nc(-c2ccccc2C)cc1. The molecule has 1 heteroatoms. The Bertz CT molecular complexity index is 731. The van der Waals surface area contributed by atoms with E-state index in [1.807, 2.05) is 48.5 Å². The van der Waals surface area contributed by atoms with Crippen molar-refractivity contribution in [3.8, 4) is 11.3 Å². The first-order valence-electron chi connectivity index (χ1n) is 6.22. The molecule has 0 fully saturated rings. The Balaban J connectivity index is 2.76. The molecule has 1 aromatic heterocycles. The Hall–Kier alpha value is -2.41. The Labute approximate surface area is 113 Å². The topological polar surface area (TPSA) is 12.9 Å². The summed E-state index contributed by atoms with van der Waals surface area (Å²) in [6, 6.07) is 19.9. The van der Waals surface area contributed by atoms with E-state index in [1.165, 1.54) is 5.56 Å². The summed E-state index contributed by atoms with van der Waals surface area (Å²) in [5.41, 5.74) is 3.22. The smallest absolute Gasteiger partial charge is 0.0711 e. The molecule has 0 aliphatic rings. The van der Waals surface area contributed by atoms with Gasteiger partial charge in [0.05, 0.1) is 11.0 Å². The molecule has 0 unspecified atom stereocenters. The van der Waals surface area contributed by atoms with Gasteiger partial charge in [0.25, 0.3) is 0 Å². The lowest BCUT2D eigenvalue weighted by molar-refractivity contribution is 1.27. The predicted molar refractivity (Wildman–Crippen MR) is 82.3 cm³/mol. The van der Waals surface area contributed by atoms with Crippen molar-refractivity contribution in [3.05, 3.63) is 76.8 Å². The van der Waals surface area contributed by atoms with Gasteiger partial charge < -0.3 is 0 Å². The van der Waals surface area contributed by atoms with E-state index in [1.54, 1.807) is 0 Å². The van der Waals surface area contributed by atoms with Crippen molar-refractivity contribution >= 4 is 13.2 Å². The number of aromatic nitrogens is 1. The van der Waals surface area contributed by atoms with Gasteiger partial charge in [0.1, 0.15) is 0 Å². The molecule has 0 saturated heterocycles. The van der Waals surface area contributed by atoms with E-state index in [4.69, 9.17) is 0 Å². The van der Waals surface area contributed by atoms with Gasteiger partial charge in [-0.05, 0) is 29.8 Å². The van der Waals surface area contributed by atoms with Gasteiger partial charge in [0.2, 0.25) is 0 Å². The van der Waals surface area contributed by atoms with Crippen molar-refractivity contribution in [2.75, 3.05) is 0 Å². The maximum absolute atomic E-state index is 4.58. The number of benzene rings is 1. The fourth-order valence-corrected chi connectivity index (χ4v) is 1.83. The van der Waals surface area contributed by atoms with Crippen LogP contribution in [0.5, 0.6) is 0 Å². The molecule has 0 radical (unpaired) electrons. The highest BCUT2D eigenvalue weighted by atomic mass is 14.7. The summed E-state index contributed by atoms with van der Waals surface area (Å²) in [6.45, 7) is 10.0. The summed E-state index contributed by atoms with van der Waals surface area (Å²) in [5.74, 6) is 0.